The number of anilines is 2. The van der Waals surface area contributed by atoms with Crippen LogP contribution in [0.2, 0.25) is 0 Å². The van der Waals surface area contributed by atoms with Crippen LogP contribution in [0, 0.1) is 0 Å². The highest BCUT2D eigenvalue weighted by molar-refractivity contribution is 7.92. The lowest BCUT2D eigenvalue weighted by molar-refractivity contribution is -0.146. The van der Waals surface area contributed by atoms with E-state index in [9.17, 15) is 26.4 Å². The summed E-state index contributed by atoms with van der Waals surface area (Å²) in [6, 6.07) is 8.64. The Labute approximate surface area is 251 Å². The molecule has 3 heterocycles. The first-order chi connectivity index (χ1) is 19.9. The molecule has 43 heavy (non-hydrogen) atoms. The molecule has 1 saturated heterocycles. The molecule has 0 spiro atoms. The molecule has 8 nitrogen and oxygen atoms in total. The maximum atomic E-state index is 14.2. The van der Waals surface area contributed by atoms with E-state index >= 15 is 0 Å². The maximum absolute atomic E-state index is 14.2. The van der Waals surface area contributed by atoms with Crippen LogP contribution in [0.3, 0.4) is 0 Å². The lowest BCUT2D eigenvalue weighted by atomic mass is 9.85. The van der Waals surface area contributed by atoms with Crippen LogP contribution in [-0.4, -0.2) is 75.9 Å². The van der Waals surface area contributed by atoms with Crippen LogP contribution in [0.25, 0.3) is 5.57 Å². The highest BCUT2D eigenvalue weighted by Crippen LogP contribution is 2.45. The first-order valence-corrected chi connectivity index (χ1v) is 15.7. The molecular weight excluding hydrogens is 583 g/mol. The van der Waals surface area contributed by atoms with Crippen LogP contribution in [-0.2, 0) is 30.5 Å². The van der Waals surface area contributed by atoms with E-state index in [0.717, 1.165) is 23.3 Å². The molecule has 5 rings (SSSR count). The summed E-state index contributed by atoms with van der Waals surface area (Å²) in [5, 5.41) is 0. The van der Waals surface area contributed by atoms with Gasteiger partial charge in [0, 0.05) is 26.1 Å². The third-order valence-electron chi connectivity index (χ3n) is 8.33. The van der Waals surface area contributed by atoms with E-state index in [2.05, 4.69) is 4.90 Å². The van der Waals surface area contributed by atoms with Gasteiger partial charge in [-0.3, -0.25) is 14.0 Å². The summed E-state index contributed by atoms with van der Waals surface area (Å²) in [5.41, 5.74) is 0.868. The fraction of sp³-hybridized carbons (Fsp3) is 0.516. The third kappa shape index (κ3) is 6.14. The van der Waals surface area contributed by atoms with Crippen molar-refractivity contribution in [2.75, 3.05) is 42.5 Å². The minimum Gasteiger partial charge on any atom is -0.468 e. The van der Waals surface area contributed by atoms with Crippen molar-refractivity contribution in [3.05, 3.63) is 59.7 Å². The molecule has 0 aromatic heterocycles. The number of fused-ring (bicyclic) bond motifs is 3. The topological polar surface area (TPSA) is 79.4 Å². The van der Waals surface area contributed by atoms with Crippen LogP contribution >= 0.6 is 0 Å². The molecule has 2 atom stereocenters. The number of nitrogens with zero attached hydrogens (tertiary/aromatic N) is 3. The van der Waals surface area contributed by atoms with Gasteiger partial charge in [0.15, 0.2) is 0 Å². The number of carbonyl (C=O) groups is 1. The Kier molecular flexibility index (Phi) is 7.88. The molecule has 3 aliphatic rings. The van der Waals surface area contributed by atoms with Crippen molar-refractivity contribution in [1.29, 1.82) is 0 Å². The van der Waals surface area contributed by atoms with E-state index in [1.807, 2.05) is 56.9 Å². The Morgan fingerprint density at radius 1 is 1.05 bits per heavy atom. The van der Waals surface area contributed by atoms with E-state index < -0.39 is 49.9 Å². The van der Waals surface area contributed by atoms with Gasteiger partial charge in [0.05, 0.1) is 52.7 Å². The number of hydrogen-bond acceptors (Lipinski definition) is 7. The number of rotatable bonds is 5. The molecule has 0 amide bonds. The zero-order valence-electron chi connectivity index (χ0n) is 25.2. The SMILES string of the molecule is COC(=O)[C@@H](C)N1CCN2c3ccc(C4=CC(C)(C)OC(C)(C)C4)cc3N(S(=O)(=O)c3cccc(C(F)(F)F)c3)C[C@@H]2C1. The Morgan fingerprint density at radius 3 is 2.42 bits per heavy atom. The number of piperazine rings is 1. The third-order valence-corrected chi connectivity index (χ3v) is 10.1. The smallest absolute Gasteiger partial charge is 0.416 e. The molecule has 0 unspecified atom stereocenters. The second-order valence-corrected chi connectivity index (χ2v) is 14.5. The van der Waals surface area contributed by atoms with Gasteiger partial charge in [-0.25, -0.2) is 8.42 Å². The molecule has 3 aliphatic heterocycles. The largest absolute Gasteiger partial charge is 0.468 e. The van der Waals surface area contributed by atoms with Crippen molar-refractivity contribution < 1.29 is 35.9 Å². The molecule has 0 radical (unpaired) electrons. The molecule has 1 fully saturated rings. The van der Waals surface area contributed by atoms with E-state index in [0.29, 0.717) is 43.5 Å². The predicted octanol–water partition coefficient (Wildman–Crippen LogP) is 5.33. The molecule has 0 bridgehead atoms. The number of methoxy groups -OCH3 is 1. The number of carbonyl (C=O) groups excluding carboxylic acids is 1. The Hall–Kier alpha value is -3.09. The van der Waals surface area contributed by atoms with E-state index in [4.69, 9.17) is 9.47 Å². The van der Waals surface area contributed by atoms with Crippen LogP contribution in [0.1, 0.15) is 52.2 Å². The molecule has 0 N–H and O–H groups in total. The number of sulfonamides is 1. The summed E-state index contributed by atoms with van der Waals surface area (Å²) in [7, 11) is -3.09. The standard InChI is InChI=1S/C31H38F3N3O5S/c1-20(28(38)41-6)35-12-13-36-24(18-35)19-37(43(39,40)25-9-7-8-23(15-25)31(32,33)34)27-14-21(10-11-26(27)36)22-16-29(2,3)42-30(4,5)17-22/h7-11,14-16,20,24H,12-13,17-19H2,1-6H3/t20-,24+/m1/s1. The normalized spacial score (nSPS) is 22.7. The fourth-order valence-corrected chi connectivity index (χ4v) is 8.11. The molecule has 0 aliphatic carbocycles. The number of ether oxygens (including phenoxy) is 2. The summed E-state index contributed by atoms with van der Waals surface area (Å²) in [6.07, 6.45) is -2.06. The zero-order valence-corrected chi connectivity index (χ0v) is 26.1. The Morgan fingerprint density at radius 2 is 1.77 bits per heavy atom. The second kappa shape index (κ2) is 10.8. The van der Waals surface area contributed by atoms with Crippen molar-refractivity contribution in [3.63, 3.8) is 0 Å². The van der Waals surface area contributed by atoms with Crippen molar-refractivity contribution in [3.8, 4) is 0 Å². The Balaban J connectivity index is 1.61. The van der Waals surface area contributed by atoms with Gasteiger partial charge in [-0.2, -0.15) is 13.2 Å². The zero-order chi connectivity index (χ0) is 31.5. The van der Waals surface area contributed by atoms with Gasteiger partial charge >= 0.3 is 12.1 Å². The van der Waals surface area contributed by atoms with E-state index in [1.165, 1.54) is 17.5 Å². The van der Waals surface area contributed by atoms with Crippen molar-refractivity contribution in [1.82, 2.24) is 4.90 Å². The second-order valence-electron chi connectivity index (χ2n) is 12.6. The molecule has 2 aromatic carbocycles. The number of halogens is 3. The van der Waals surface area contributed by atoms with E-state index in [1.54, 1.807) is 6.92 Å². The van der Waals surface area contributed by atoms with Crippen molar-refractivity contribution >= 4 is 32.9 Å². The highest BCUT2D eigenvalue weighted by atomic mass is 32.2. The van der Waals surface area contributed by atoms with Crippen LogP contribution in [0.4, 0.5) is 24.5 Å². The van der Waals surface area contributed by atoms with Crippen molar-refractivity contribution in [2.45, 2.75) is 75.4 Å². The summed E-state index contributed by atoms with van der Waals surface area (Å²) in [6.45, 7) is 11.1. The maximum Gasteiger partial charge on any atom is 0.416 e. The number of benzene rings is 2. The van der Waals surface area contributed by atoms with Gasteiger partial charge in [0.25, 0.3) is 10.0 Å². The van der Waals surface area contributed by atoms with Gasteiger partial charge in [-0.15, -0.1) is 0 Å². The number of esters is 1. The quantitative estimate of drug-likeness (QED) is 0.418. The van der Waals surface area contributed by atoms with Gasteiger partial charge < -0.3 is 14.4 Å². The lowest BCUT2D eigenvalue weighted by Crippen LogP contribution is -2.62. The molecule has 2 aromatic rings. The van der Waals surface area contributed by atoms with Gasteiger partial charge in [0.2, 0.25) is 0 Å². The molecule has 0 saturated carbocycles. The van der Waals surface area contributed by atoms with Crippen LogP contribution in [0.5, 0.6) is 0 Å². The average Bonchev–Trinajstić information content (AvgIpc) is 2.93. The number of alkyl halides is 3. The summed E-state index contributed by atoms with van der Waals surface area (Å²) in [4.78, 5) is 15.9. The lowest BCUT2D eigenvalue weighted by Gasteiger charge is -2.50. The highest BCUT2D eigenvalue weighted by Gasteiger charge is 2.43. The predicted molar refractivity (Wildman–Crippen MR) is 158 cm³/mol. The minimum absolute atomic E-state index is 0.00142. The molecule has 234 valence electrons. The van der Waals surface area contributed by atoms with E-state index in [-0.39, 0.29) is 12.6 Å². The van der Waals surface area contributed by atoms with Crippen molar-refractivity contribution in [2.24, 2.45) is 0 Å². The van der Waals surface area contributed by atoms with Gasteiger partial charge in [-0.05, 0) is 82.2 Å². The van der Waals surface area contributed by atoms with Crippen LogP contribution in [0.15, 0.2) is 53.4 Å². The first-order valence-electron chi connectivity index (χ1n) is 14.3. The number of hydrogen-bond donors (Lipinski definition) is 0. The summed E-state index contributed by atoms with van der Waals surface area (Å²) >= 11 is 0. The summed E-state index contributed by atoms with van der Waals surface area (Å²) < 4.78 is 81.5. The monoisotopic (exact) mass is 621 g/mol. The summed E-state index contributed by atoms with van der Waals surface area (Å²) in [5.74, 6) is -0.390. The average molecular weight is 622 g/mol. The van der Waals surface area contributed by atoms with Crippen LogP contribution < -0.4 is 9.21 Å². The minimum atomic E-state index is -4.70. The van der Waals surface area contributed by atoms with Gasteiger partial charge in [-0.1, -0.05) is 12.1 Å². The Bertz CT molecular complexity index is 1550. The molecular formula is C31H38F3N3O5S. The fourth-order valence-electron chi connectivity index (χ4n) is 6.56. The molecule has 12 heteroatoms. The first kappa shape index (κ1) is 31.3. The van der Waals surface area contributed by atoms with Gasteiger partial charge in [0.1, 0.15) is 6.04 Å².